The van der Waals surface area contributed by atoms with E-state index in [2.05, 4.69) is 0 Å². The van der Waals surface area contributed by atoms with E-state index in [9.17, 15) is 26.8 Å². The molecule has 9 nitrogen and oxygen atoms in total. The highest BCUT2D eigenvalue weighted by Gasteiger charge is 2.47. The lowest BCUT2D eigenvalue weighted by atomic mass is 9.79. The van der Waals surface area contributed by atoms with Crippen molar-refractivity contribution >= 4 is 22.0 Å². The second-order valence-corrected chi connectivity index (χ2v) is 10.1. The molecule has 1 aromatic rings. The molecule has 2 saturated heterocycles. The number of carbonyl (C=O) groups is 2. The van der Waals surface area contributed by atoms with E-state index in [1.54, 1.807) is 0 Å². The number of carboxylic acid groups (broad SMARTS) is 1. The number of carbonyl (C=O) groups excluding carboxylic acids is 1. The van der Waals surface area contributed by atoms with Crippen LogP contribution < -0.4 is 5.48 Å². The smallest absolute Gasteiger partial charge is 0.407 e. The fraction of sp³-hybridized carbons (Fsp3) is 0.579. The van der Waals surface area contributed by atoms with Crippen molar-refractivity contribution in [2.24, 2.45) is 5.41 Å². The highest BCUT2D eigenvalue weighted by atomic mass is 32.2. The van der Waals surface area contributed by atoms with Crippen molar-refractivity contribution in [1.29, 1.82) is 0 Å². The molecule has 2 aliphatic heterocycles. The maximum Gasteiger partial charge on any atom is 0.407 e. The van der Waals surface area contributed by atoms with Crippen molar-refractivity contribution in [2.45, 2.75) is 31.6 Å². The molecule has 2 amide bonds. The molecular formula is C19H25F2N3O6S. The van der Waals surface area contributed by atoms with Crippen LogP contribution in [0.4, 0.5) is 13.6 Å². The summed E-state index contributed by atoms with van der Waals surface area (Å²) in [5.74, 6) is -3.01. The first-order valence-corrected chi connectivity index (χ1v) is 11.5. The van der Waals surface area contributed by atoms with Crippen molar-refractivity contribution in [3.8, 4) is 0 Å². The summed E-state index contributed by atoms with van der Waals surface area (Å²) in [5.41, 5.74) is 0.422. The van der Waals surface area contributed by atoms with Crippen molar-refractivity contribution in [3.63, 3.8) is 0 Å². The van der Waals surface area contributed by atoms with Gasteiger partial charge >= 0.3 is 6.09 Å². The molecule has 0 atom stereocenters. The van der Waals surface area contributed by atoms with Crippen molar-refractivity contribution in [3.05, 3.63) is 35.4 Å². The third kappa shape index (κ3) is 4.96. The van der Waals surface area contributed by atoms with E-state index < -0.39 is 44.8 Å². The van der Waals surface area contributed by atoms with Crippen LogP contribution in [0.2, 0.25) is 0 Å². The first-order valence-electron chi connectivity index (χ1n) is 9.93. The van der Waals surface area contributed by atoms with Crippen LogP contribution in [-0.4, -0.2) is 71.9 Å². The van der Waals surface area contributed by atoms with E-state index in [4.69, 9.17) is 10.3 Å². The van der Waals surface area contributed by atoms with Gasteiger partial charge in [-0.3, -0.25) is 10.0 Å². The summed E-state index contributed by atoms with van der Waals surface area (Å²) >= 11 is 0. The number of nitrogens with zero attached hydrogens (tertiary/aromatic N) is 2. The molecule has 2 aliphatic rings. The topological polar surface area (TPSA) is 127 Å². The second-order valence-electron chi connectivity index (χ2n) is 8.09. The largest absolute Gasteiger partial charge is 0.465 e. The Morgan fingerprint density at radius 3 is 2.26 bits per heavy atom. The minimum absolute atomic E-state index is 0.0236. The van der Waals surface area contributed by atoms with Crippen LogP contribution in [0.25, 0.3) is 0 Å². The molecule has 0 aromatic heterocycles. The normalized spacial score (nSPS) is 20.4. The van der Waals surface area contributed by atoms with Gasteiger partial charge in [0.2, 0.25) is 10.0 Å². The first-order chi connectivity index (χ1) is 14.6. The van der Waals surface area contributed by atoms with E-state index >= 15 is 0 Å². The summed E-state index contributed by atoms with van der Waals surface area (Å²) in [5, 5.41) is 18.2. The molecule has 0 unspecified atom stereocenters. The van der Waals surface area contributed by atoms with Gasteiger partial charge in [0, 0.05) is 32.2 Å². The van der Waals surface area contributed by atoms with Gasteiger partial charge in [0.15, 0.2) is 0 Å². The molecule has 12 heteroatoms. The number of hydrogen-bond donors (Lipinski definition) is 3. The molecule has 3 N–H and O–H groups in total. The fourth-order valence-corrected chi connectivity index (χ4v) is 6.47. The number of hydroxylamine groups is 1. The molecule has 1 aromatic carbocycles. The summed E-state index contributed by atoms with van der Waals surface area (Å²) in [6.07, 6.45) is -0.553. The van der Waals surface area contributed by atoms with Crippen molar-refractivity contribution in [2.75, 3.05) is 31.9 Å². The maximum absolute atomic E-state index is 14.1. The van der Waals surface area contributed by atoms with Crippen molar-refractivity contribution < 1.29 is 37.1 Å². The lowest BCUT2D eigenvalue weighted by Gasteiger charge is -2.40. The molecule has 0 saturated carbocycles. The predicted molar refractivity (Wildman–Crippen MR) is 105 cm³/mol. The Hall–Kier alpha value is -2.31. The Labute approximate surface area is 178 Å². The number of sulfonamides is 1. The number of hydrogen-bond acceptors (Lipinski definition) is 5. The van der Waals surface area contributed by atoms with Gasteiger partial charge in [0.25, 0.3) is 5.91 Å². The van der Waals surface area contributed by atoms with Gasteiger partial charge < -0.3 is 10.0 Å². The molecule has 2 heterocycles. The number of likely N-dealkylation sites (tertiary alicyclic amines) is 1. The summed E-state index contributed by atoms with van der Waals surface area (Å²) in [4.78, 5) is 24.6. The van der Waals surface area contributed by atoms with Gasteiger partial charge in [0.1, 0.15) is 11.6 Å². The van der Waals surface area contributed by atoms with Gasteiger partial charge in [-0.2, -0.15) is 0 Å². The van der Waals surface area contributed by atoms with Crippen molar-refractivity contribution in [1.82, 2.24) is 14.7 Å². The van der Waals surface area contributed by atoms with Gasteiger partial charge in [0.05, 0.1) is 11.2 Å². The van der Waals surface area contributed by atoms with Crippen LogP contribution in [0.15, 0.2) is 18.2 Å². The van der Waals surface area contributed by atoms with E-state index in [1.165, 1.54) is 21.9 Å². The summed E-state index contributed by atoms with van der Waals surface area (Å²) in [6.45, 7) is 0.179. The number of amides is 2. The number of halogens is 2. The predicted octanol–water partition coefficient (Wildman–Crippen LogP) is 1.74. The third-order valence-electron chi connectivity index (χ3n) is 6.28. The summed E-state index contributed by atoms with van der Waals surface area (Å²) < 4.78 is 54.6. The minimum atomic E-state index is -3.91. The van der Waals surface area contributed by atoms with E-state index in [0.29, 0.717) is 18.4 Å². The molecule has 0 aliphatic carbocycles. The minimum Gasteiger partial charge on any atom is -0.465 e. The zero-order chi connectivity index (χ0) is 22.8. The van der Waals surface area contributed by atoms with Crippen LogP contribution >= 0.6 is 0 Å². The molecule has 172 valence electrons. The maximum atomic E-state index is 14.1. The Balaban J connectivity index is 1.69. The van der Waals surface area contributed by atoms with Gasteiger partial charge in [-0.25, -0.2) is 31.8 Å². The Bertz CT molecular complexity index is 942. The molecule has 0 bridgehead atoms. The second kappa shape index (κ2) is 9.05. The van der Waals surface area contributed by atoms with Gasteiger partial charge in [-0.1, -0.05) is 6.07 Å². The fourth-order valence-electron chi connectivity index (χ4n) is 4.40. The lowest BCUT2D eigenvalue weighted by Crippen LogP contribution is -2.54. The SMILES string of the molecule is O=C(O)N1CCC(CS(=O)(=O)N2CCC(c3ccc(F)cc3F)CC2)(C(=O)NO)CC1. The van der Waals surface area contributed by atoms with Crippen LogP contribution in [0.3, 0.4) is 0 Å². The van der Waals surface area contributed by atoms with Gasteiger partial charge in [-0.15, -0.1) is 0 Å². The first kappa shape index (κ1) is 23.4. The number of benzene rings is 1. The molecule has 2 fully saturated rings. The van der Waals surface area contributed by atoms with E-state index in [0.717, 1.165) is 11.0 Å². The van der Waals surface area contributed by atoms with E-state index in [-0.39, 0.29) is 44.9 Å². The summed E-state index contributed by atoms with van der Waals surface area (Å²) in [6, 6.07) is 3.35. The quantitative estimate of drug-likeness (QED) is 0.453. The lowest BCUT2D eigenvalue weighted by molar-refractivity contribution is -0.141. The molecule has 0 spiro atoms. The Kier molecular flexibility index (Phi) is 6.82. The van der Waals surface area contributed by atoms with Crippen LogP contribution in [0.5, 0.6) is 0 Å². The summed E-state index contributed by atoms with van der Waals surface area (Å²) in [7, 11) is -3.91. The monoisotopic (exact) mass is 461 g/mol. The van der Waals surface area contributed by atoms with Crippen LogP contribution in [0, 0.1) is 17.0 Å². The molecular weight excluding hydrogens is 436 g/mol. The number of nitrogens with one attached hydrogen (secondary N) is 1. The third-order valence-corrected chi connectivity index (χ3v) is 8.35. The number of piperidine rings is 2. The number of rotatable bonds is 5. The zero-order valence-corrected chi connectivity index (χ0v) is 17.6. The zero-order valence-electron chi connectivity index (χ0n) is 16.8. The van der Waals surface area contributed by atoms with Crippen LogP contribution in [0.1, 0.15) is 37.2 Å². The molecule has 31 heavy (non-hydrogen) atoms. The standard InChI is InChI=1S/C19H25F2N3O6S/c20-14-1-2-15(16(21)11-14)13-3-7-24(8-4-13)31(29,30)12-19(17(25)22-28)5-9-23(10-6-19)18(26)27/h1-2,11,13,28H,3-10,12H2,(H,22,25)(H,26,27). The Morgan fingerprint density at radius 2 is 1.74 bits per heavy atom. The van der Waals surface area contributed by atoms with E-state index in [1.807, 2.05) is 0 Å². The average molecular weight is 461 g/mol. The highest BCUT2D eigenvalue weighted by Crippen LogP contribution is 2.36. The molecule has 3 rings (SSSR count). The van der Waals surface area contributed by atoms with Crippen LogP contribution in [-0.2, 0) is 14.8 Å². The molecule has 0 radical (unpaired) electrons. The Morgan fingerprint density at radius 1 is 1.13 bits per heavy atom. The van der Waals surface area contributed by atoms with Gasteiger partial charge in [-0.05, 0) is 43.2 Å². The average Bonchev–Trinajstić information content (AvgIpc) is 2.73. The highest BCUT2D eigenvalue weighted by molar-refractivity contribution is 7.89.